The molecule has 2 unspecified atom stereocenters. The van der Waals surface area contributed by atoms with Crippen LogP contribution in [0.4, 0.5) is 0 Å². The fraction of sp³-hybridized carbons (Fsp3) is 0.475. The van der Waals surface area contributed by atoms with Gasteiger partial charge in [0, 0.05) is 186 Å². The second-order valence-corrected chi connectivity index (χ2v) is 22.3. The summed E-state index contributed by atoms with van der Waals surface area (Å²) in [5.74, 6) is 2.55. The Bertz CT molecular complexity index is 3390. The van der Waals surface area contributed by atoms with Crippen LogP contribution in [0.25, 0.3) is 0 Å². The number of carbonyl (C=O) groups is 2. The van der Waals surface area contributed by atoms with Gasteiger partial charge in [0.25, 0.3) is 5.09 Å². The van der Waals surface area contributed by atoms with Crippen molar-refractivity contribution in [2.75, 3.05) is 40.8 Å². The monoisotopic (exact) mass is 1680 g/mol. The van der Waals surface area contributed by atoms with Crippen molar-refractivity contribution in [2.24, 2.45) is 0 Å². The van der Waals surface area contributed by atoms with Crippen LogP contribution in [-0.2, 0) is 57.7 Å². The quantitative estimate of drug-likeness (QED) is 0.0511. The van der Waals surface area contributed by atoms with E-state index in [0.29, 0.717) is 71.3 Å². The number of phenolic OH excluding ortho intramolecular Hbond substituents is 4. The largest absolute Gasteiger partial charge is 0.507 e. The molecule has 8 aliphatic rings. The minimum atomic E-state index is -1.50. The zero-order valence-corrected chi connectivity index (χ0v) is 59.5. The summed E-state index contributed by atoms with van der Waals surface area (Å²) < 4.78 is 23.4. The van der Waals surface area contributed by atoms with Crippen LogP contribution in [0, 0.1) is 151 Å². The molecule has 2 amide bonds. The molecule has 10 atom stereocenters. The van der Waals surface area contributed by atoms with Crippen molar-refractivity contribution in [2.45, 2.75) is 142 Å². The van der Waals surface area contributed by atoms with E-state index in [0.717, 1.165) is 66.8 Å². The average Bonchev–Trinajstić information content (AvgIpc) is 0.876. The number of hydrogen-bond donors (Lipinski definition) is 8. The van der Waals surface area contributed by atoms with Crippen LogP contribution in [0.3, 0.4) is 0 Å². The van der Waals surface area contributed by atoms with Crippen LogP contribution in [0.1, 0.15) is 116 Å². The number of ether oxygens (including phenoxy) is 4. The summed E-state index contributed by atoms with van der Waals surface area (Å²) in [5.41, 5.74) is 11.8. The molecular weight excluding hydrogens is 1610 g/mol. The Hall–Kier alpha value is -4.19. The third-order valence-corrected chi connectivity index (χ3v) is 18.3. The number of benzene rings is 4. The number of amides is 2. The zero-order valence-electron chi connectivity index (χ0n) is 48.5. The number of aliphatic hydroxyl groups excluding tert-OH is 1. The van der Waals surface area contributed by atoms with Gasteiger partial charge < -0.3 is 60.3 Å². The number of nitrogens with one attached hydrogen (secondary N) is 2. The Balaban J connectivity index is 0.000000219. The molecule has 8 aliphatic heterocycles. The Kier molecular flexibility index (Phi) is 21.4. The molecule has 4 aromatic carbocycles. The fourth-order valence-corrected chi connectivity index (χ4v) is 14.4. The first-order chi connectivity index (χ1) is 38.6. The van der Waals surface area contributed by atoms with Crippen molar-refractivity contribution in [3.05, 3.63) is 124 Å². The van der Waals surface area contributed by atoms with Crippen molar-refractivity contribution in [3.8, 4) is 52.1 Å². The first-order valence-electron chi connectivity index (χ1n) is 27.2. The maximum Gasteiger partial charge on any atom is 0.291 e. The molecule has 8 heterocycles. The van der Waals surface area contributed by atoms with Gasteiger partial charge in [0.1, 0.15) is 35.3 Å². The number of fused-ring (bicyclic) bond motifs is 18. The van der Waals surface area contributed by atoms with Crippen LogP contribution in [0.15, 0.2) is 36.4 Å². The summed E-state index contributed by atoms with van der Waals surface area (Å²) in [5, 5.41) is 87.8. The predicted molar refractivity (Wildman–Crippen MR) is 293 cm³/mol. The molecule has 4 bridgehead atoms. The van der Waals surface area contributed by atoms with Gasteiger partial charge in [-0.3, -0.25) is 29.2 Å². The van der Waals surface area contributed by atoms with E-state index in [1.165, 1.54) is 12.2 Å². The second-order valence-electron chi connectivity index (χ2n) is 22.3. The molecule has 0 saturated carbocycles. The van der Waals surface area contributed by atoms with Crippen LogP contribution < -0.4 is 29.6 Å². The van der Waals surface area contributed by atoms with E-state index >= 15 is 0 Å². The van der Waals surface area contributed by atoms with Gasteiger partial charge in [-0.15, -0.1) is 10.1 Å². The van der Waals surface area contributed by atoms with E-state index in [1.54, 1.807) is 26.0 Å². The van der Waals surface area contributed by atoms with E-state index in [1.807, 2.05) is 55.6 Å². The molecular formula is C59H70Ac2AgN8O14. The third-order valence-electron chi connectivity index (χ3n) is 18.3. The number of carbonyl (C=O) groups excluding carboxylic acids is 2. The van der Waals surface area contributed by atoms with Crippen molar-refractivity contribution in [1.82, 2.24) is 30.2 Å². The number of rotatable bonds is 6. The van der Waals surface area contributed by atoms with Gasteiger partial charge in [-0.1, -0.05) is 24.3 Å². The number of piperazine rings is 2. The first-order valence-corrected chi connectivity index (χ1v) is 27.2. The van der Waals surface area contributed by atoms with Gasteiger partial charge in [-0.2, -0.15) is 5.26 Å². The number of nitrogens with zero attached hydrogens (tertiary/aromatic N) is 6. The van der Waals surface area contributed by atoms with Crippen LogP contribution in [0.2, 0.25) is 0 Å². The molecule has 0 aliphatic carbocycles. The number of hydrogen-bond acceptors (Lipinski definition) is 18. The summed E-state index contributed by atoms with van der Waals surface area (Å²) in [6, 6.07) is 4.14. The minimum Gasteiger partial charge on any atom is -0.507 e. The molecule has 447 valence electrons. The number of nitriles is 1. The summed E-state index contributed by atoms with van der Waals surface area (Å²) in [4.78, 5) is 42.1. The molecule has 2 saturated heterocycles. The number of aromatic hydroxyl groups is 4. The van der Waals surface area contributed by atoms with Crippen molar-refractivity contribution in [3.63, 3.8) is 0 Å². The summed E-state index contributed by atoms with van der Waals surface area (Å²) in [7, 11) is 4.02. The smallest absolute Gasteiger partial charge is 0.291 e. The number of likely N-dealkylation sites (N-methyl/N-ethyl adjacent to an activating group) is 2. The molecule has 8 N–H and O–H groups in total. The molecule has 12 rings (SSSR count). The minimum absolute atomic E-state index is 0. The van der Waals surface area contributed by atoms with E-state index < -0.39 is 29.4 Å². The third kappa shape index (κ3) is 11.3. The molecule has 2 fully saturated rings. The summed E-state index contributed by atoms with van der Waals surface area (Å²) in [6.45, 7) is 15.6. The SMILES string of the molecule is C/C=C/C(=O)NC[C@H]1c2c(c(O)c(C)c3c2OCO3)CC2[C@H]3c4c(cc(C)c(C)c4O)C[C@@H]([C@H](C#N)N21)N3C.C/C=C/C(=O)NC[C@H]1c2c(c(O)c(C)c3c2OCO3)CC2[C@H]3c4c(cc(C)c(C)c4O)C[C@@H]([C@H](O)N21)N3C.O=[N+]([O-])O.[Ac].[Ac].[Ag]. The van der Waals surface area contributed by atoms with Gasteiger partial charge in [-0.25, -0.2) is 0 Å². The van der Waals surface area contributed by atoms with Crippen molar-refractivity contribution >= 4 is 11.8 Å². The number of allylic oxidation sites excluding steroid dienone is 2. The van der Waals surface area contributed by atoms with Crippen molar-refractivity contribution in [1.29, 1.82) is 5.26 Å². The predicted octanol–water partition coefficient (Wildman–Crippen LogP) is 5.51. The number of aliphatic hydroxyl groups is 1. The molecule has 25 heteroatoms. The Morgan fingerprint density at radius 1 is 0.643 bits per heavy atom. The van der Waals surface area contributed by atoms with E-state index in [-0.39, 0.29) is 197 Å². The molecule has 0 aromatic heterocycles. The topological polar surface area (TPSA) is 296 Å². The normalized spacial score (nSPS) is 25.4. The molecule has 4 aromatic rings. The molecule has 22 nitrogen and oxygen atoms in total. The molecule has 3 radical (unpaired) electrons. The van der Waals surface area contributed by atoms with Crippen LogP contribution in [-0.4, -0.2) is 144 Å². The number of phenols is 4. The van der Waals surface area contributed by atoms with Gasteiger partial charge in [-0.05, 0) is 141 Å². The molecule has 0 spiro atoms. The Labute approximate surface area is 574 Å². The van der Waals surface area contributed by atoms with Crippen LogP contribution in [0.5, 0.6) is 46.0 Å². The number of aryl methyl sites for hydroxylation is 2. The maximum atomic E-state index is 12.6. The van der Waals surface area contributed by atoms with E-state index in [2.05, 4.69) is 48.4 Å². The average molecular weight is 1680 g/mol. The fourth-order valence-electron chi connectivity index (χ4n) is 14.4. The van der Waals surface area contributed by atoms with Gasteiger partial charge in [0.2, 0.25) is 25.4 Å². The van der Waals surface area contributed by atoms with Gasteiger partial charge >= 0.3 is 0 Å². The maximum absolute atomic E-state index is 12.6. The Morgan fingerprint density at radius 3 is 1.44 bits per heavy atom. The van der Waals surface area contributed by atoms with Crippen molar-refractivity contribution < 1.29 is 175 Å². The van der Waals surface area contributed by atoms with E-state index in [9.17, 15) is 40.4 Å². The van der Waals surface area contributed by atoms with Crippen LogP contribution >= 0.6 is 0 Å². The standard InChI is InChI=1S/C30H34N4O5.C29H35N3O6.2Ac.Ag.HNO3/c1-6-7-23(35)32-12-22-25-18(27(36)16(4)29-30(25)39-13-38-29)10-20-26-24-17(8-14(2)15(3)28(24)37)9-19(33(26)5)21(11-31)34(20)22;1-6-7-21(33)30-11-20-23-17(25(34)15(4)27-28(23)38-12-37-27)10-18-24-22-16(8-13(2)14(3)26(22)35)9-19(31(24)5)29(36)32(18)20;;;;2-1(3)4/h6-8,19-22,26,36-37H,9-10,12-13H2,1-5H3,(H,32,35);6-8,18-20,24,29,34-36H,9-12H2,1-5H3,(H,30,33);;;;(H,2,3,4)/b2*7-6+;;;;/t19-,20?,21-,22-,26-;18?,19-,20-,24-,29-;;;;/m00..../s1. The summed E-state index contributed by atoms with van der Waals surface area (Å²) >= 11 is 0. The summed E-state index contributed by atoms with van der Waals surface area (Å²) in [6.07, 6.45) is 7.53. The first kappa shape index (κ1) is 67.3. The zero-order chi connectivity index (χ0) is 58.4. The van der Waals surface area contributed by atoms with E-state index in [4.69, 9.17) is 34.3 Å². The second kappa shape index (κ2) is 26.7. The Morgan fingerprint density at radius 2 is 1.02 bits per heavy atom. The molecule has 84 heavy (non-hydrogen) atoms. The van der Waals surface area contributed by atoms with Gasteiger partial charge in [0.15, 0.2) is 23.0 Å². The van der Waals surface area contributed by atoms with Gasteiger partial charge in [0.05, 0.1) is 36.3 Å².